The van der Waals surface area contributed by atoms with Crippen molar-refractivity contribution in [2.24, 2.45) is 0 Å². The van der Waals surface area contributed by atoms with Crippen molar-refractivity contribution in [3.05, 3.63) is 51.7 Å². The first-order valence-electron chi connectivity index (χ1n) is 5.60. The summed E-state index contributed by atoms with van der Waals surface area (Å²) in [6.07, 6.45) is 7.17. The summed E-state index contributed by atoms with van der Waals surface area (Å²) in [7, 11) is 0. The van der Waals surface area contributed by atoms with Gasteiger partial charge in [-0.15, -0.1) is 17.8 Å². The van der Waals surface area contributed by atoms with Gasteiger partial charge in [-0.05, 0) is 17.7 Å². The molecule has 0 fully saturated rings. The Bertz CT molecular complexity index is 613. The Hall–Kier alpha value is -2.19. The summed E-state index contributed by atoms with van der Waals surface area (Å²) in [6.45, 7) is 0.198. The third-order valence-electron chi connectivity index (χ3n) is 2.40. The van der Waals surface area contributed by atoms with Crippen LogP contribution in [0, 0.1) is 18.2 Å². The van der Waals surface area contributed by atoms with Gasteiger partial charge >= 0.3 is 0 Å². The number of carbonyl (C=O) groups excluding carboxylic acids is 1. The minimum atomic E-state index is -0.266. The number of aromatic nitrogens is 1. The Morgan fingerprint density at radius 3 is 2.84 bits per heavy atom. The average molecular weight is 274 g/mol. The van der Waals surface area contributed by atoms with Crippen molar-refractivity contribution in [2.45, 2.75) is 6.42 Å². The van der Waals surface area contributed by atoms with Gasteiger partial charge in [0.1, 0.15) is 10.7 Å². The van der Waals surface area contributed by atoms with E-state index in [9.17, 15) is 9.18 Å². The molecule has 0 aliphatic carbocycles. The van der Waals surface area contributed by atoms with Crippen LogP contribution in [0.3, 0.4) is 0 Å². The van der Waals surface area contributed by atoms with E-state index in [1.54, 1.807) is 12.1 Å². The molecule has 0 aliphatic rings. The van der Waals surface area contributed by atoms with E-state index in [4.69, 9.17) is 6.42 Å². The highest BCUT2D eigenvalue weighted by atomic mass is 32.1. The van der Waals surface area contributed by atoms with E-state index in [1.165, 1.54) is 29.7 Å². The van der Waals surface area contributed by atoms with Crippen molar-refractivity contribution in [1.82, 2.24) is 10.3 Å². The van der Waals surface area contributed by atoms with Crippen molar-refractivity contribution in [1.29, 1.82) is 0 Å². The number of nitrogens with one attached hydrogen (secondary N) is 1. The molecule has 1 heterocycles. The van der Waals surface area contributed by atoms with Crippen LogP contribution >= 0.6 is 11.3 Å². The molecule has 96 valence electrons. The second kappa shape index (κ2) is 6.12. The molecule has 0 saturated heterocycles. The van der Waals surface area contributed by atoms with Gasteiger partial charge in [0.15, 0.2) is 0 Å². The fourth-order valence-electron chi connectivity index (χ4n) is 1.49. The van der Waals surface area contributed by atoms with Crippen LogP contribution in [0.1, 0.15) is 20.2 Å². The van der Waals surface area contributed by atoms with E-state index < -0.39 is 0 Å². The maximum Gasteiger partial charge on any atom is 0.263 e. The third kappa shape index (κ3) is 3.63. The molecule has 1 aromatic heterocycles. The van der Waals surface area contributed by atoms with Crippen molar-refractivity contribution in [2.75, 3.05) is 6.54 Å². The lowest BCUT2D eigenvalue weighted by atomic mass is 10.2. The minimum Gasteiger partial charge on any atom is -0.340 e. The fourth-order valence-corrected chi connectivity index (χ4v) is 2.36. The maximum absolute atomic E-state index is 12.8. The lowest BCUT2D eigenvalue weighted by Crippen LogP contribution is -2.22. The summed E-state index contributed by atoms with van der Waals surface area (Å²) in [5, 5.41) is 3.38. The molecule has 0 aliphatic heterocycles. The van der Waals surface area contributed by atoms with Crippen molar-refractivity contribution in [3.63, 3.8) is 0 Å². The number of hydrogen-bond donors (Lipinski definition) is 1. The summed E-state index contributed by atoms with van der Waals surface area (Å²) >= 11 is 1.30. The molecule has 19 heavy (non-hydrogen) atoms. The maximum atomic E-state index is 12.8. The van der Waals surface area contributed by atoms with Crippen LogP contribution < -0.4 is 5.32 Å². The number of halogens is 1. The SMILES string of the molecule is C#CCNC(=O)c1cnc(Cc2ccc(F)cc2)s1. The Morgan fingerprint density at radius 2 is 2.16 bits per heavy atom. The number of amides is 1. The molecule has 0 bridgehead atoms. The lowest BCUT2D eigenvalue weighted by Gasteiger charge is -1.97. The quantitative estimate of drug-likeness (QED) is 0.869. The normalized spacial score (nSPS) is 9.89. The summed E-state index contributed by atoms with van der Waals surface area (Å²) in [5.41, 5.74) is 0.950. The van der Waals surface area contributed by atoms with Crippen molar-refractivity contribution < 1.29 is 9.18 Å². The largest absolute Gasteiger partial charge is 0.340 e. The van der Waals surface area contributed by atoms with Gasteiger partial charge < -0.3 is 5.32 Å². The molecule has 0 radical (unpaired) electrons. The molecule has 0 unspecified atom stereocenters. The number of hydrogen-bond acceptors (Lipinski definition) is 3. The average Bonchev–Trinajstić information content (AvgIpc) is 2.87. The third-order valence-corrected chi connectivity index (χ3v) is 3.39. The Morgan fingerprint density at radius 1 is 1.42 bits per heavy atom. The Kier molecular flexibility index (Phi) is 4.26. The van der Waals surface area contributed by atoms with Crippen LogP contribution in [0.4, 0.5) is 4.39 Å². The monoisotopic (exact) mass is 274 g/mol. The molecular formula is C14H11FN2OS. The zero-order chi connectivity index (χ0) is 13.7. The van der Waals surface area contributed by atoms with Gasteiger partial charge in [-0.3, -0.25) is 4.79 Å². The molecule has 3 nitrogen and oxygen atoms in total. The van der Waals surface area contributed by atoms with E-state index in [0.29, 0.717) is 11.3 Å². The molecule has 0 spiro atoms. The summed E-state index contributed by atoms with van der Waals surface area (Å²) < 4.78 is 12.8. The number of rotatable bonds is 4. The molecule has 2 aromatic rings. The minimum absolute atomic E-state index is 0.198. The molecular weight excluding hydrogens is 263 g/mol. The lowest BCUT2D eigenvalue weighted by molar-refractivity contribution is 0.0962. The summed E-state index contributed by atoms with van der Waals surface area (Å²) in [6, 6.07) is 6.22. The Labute approximate surface area is 114 Å². The topological polar surface area (TPSA) is 42.0 Å². The Balaban J connectivity index is 2.03. The number of nitrogens with zero attached hydrogens (tertiary/aromatic N) is 1. The van der Waals surface area contributed by atoms with E-state index in [0.717, 1.165) is 10.6 Å². The van der Waals surface area contributed by atoms with Gasteiger partial charge in [0.05, 0.1) is 17.7 Å². The van der Waals surface area contributed by atoms with Crippen LogP contribution in [0.2, 0.25) is 0 Å². The number of terminal acetylenes is 1. The zero-order valence-corrected chi connectivity index (χ0v) is 10.8. The van der Waals surface area contributed by atoms with Gasteiger partial charge in [-0.1, -0.05) is 18.1 Å². The highest BCUT2D eigenvalue weighted by Gasteiger charge is 2.10. The van der Waals surface area contributed by atoms with Crippen LogP contribution in [0.15, 0.2) is 30.5 Å². The van der Waals surface area contributed by atoms with Gasteiger partial charge in [0.2, 0.25) is 0 Å². The first-order valence-corrected chi connectivity index (χ1v) is 6.41. The second-order valence-corrected chi connectivity index (χ2v) is 4.92. The zero-order valence-electron chi connectivity index (χ0n) is 10.0. The van der Waals surface area contributed by atoms with Crippen molar-refractivity contribution >= 4 is 17.2 Å². The molecule has 1 aromatic carbocycles. The predicted octanol–water partition coefficient (Wildman–Crippen LogP) is 2.24. The van der Waals surface area contributed by atoms with Crippen LogP contribution in [0.25, 0.3) is 0 Å². The number of thiazole rings is 1. The number of carbonyl (C=O) groups is 1. The van der Waals surface area contributed by atoms with Gasteiger partial charge in [-0.25, -0.2) is 9.37 Å². The summed E-state index contributed by atoms with van der Waals surface area (Å²) in [4.78, 5) is 16.3. The van der Waals surface area contributed by atoms with E-state index in [-0.39, 0.29) is 18.3 Å². The number of benzene rings is 1. The highest BCUT2D eigenvalue weighted by Crippen LogP contribution is 2.17. The van der Waals surface area contributed by atoms with Gasteiger partial charge in [-0.2, -0.15) is 0 Å². The van der Waals surface area contributed by atoms with Gasteiger partial charge in [0, 0.05) is 6.42 Å². The molecule has 2 rings (SSSR count). The molecule has 0 saturated carbocycles. The van der Waals surface area contributed by atoms with E-state index in [2.05, 4.69) is 16.2 Å². The summed E-state index contributed by atoms with van der Waals surface area (Å²) in [5.74, 6) is 1.85. The first-order chi connectivity index (χ1) is 9.19. The molecule has 1 N–H and O–H groups in total. The van der Waals surface area contributed by atoms with Crippen LogP contribution in [-0.2, 0) is 6.42 Å². The van der Waals surface area contributed by atoms with Crippen LogP contribution in [0.5, 0.6) is 0 Å². The van der Waals surface area contributed by atoms with E-state index in [1.807, 2.05) is 0 Å². The predicted molar refractivity (Wildman–Crippen MR) is 72.5 cm³/mol. The van der Waals surface area contributed by atoms with E-state index >= 15 is 0 Å². The first kappa shape index (κ1) is 13.2. The highest BCUT2D eigenvalue weighted by molar-refractivity contribution is 7.13. The molecule has 5 heteroatoms. The standard InChI is InChI=1S/C14H11FN2OS/c1-2-7-16-14(18)12-9-17-13(19-12)8-10-3-5-11(15)6-4-10/h1,3-6,9H,7-8H2,(H,16,18). The molecule has 1 amide bonds. The second-order valence-electron chi connectivity index (χ2n) is 3.81. The van der Waals surface area contributed by atoms with Crippen molar-refractivity contribution in [3.8, 4) is 12.3 Å². The molecule has 0 atom stereocenters. The fraction of sp³-hybridized carbons (Fsp3) is 0.143. The van der Waals surface area contributed by atoms with Crippen LogP contribution in [-0.4, -0.2) is 17.4 Å². The van der Waals surface area contributed by atoms with Gasteiger partial charge in [0.25, 0.3) is 5.91 Å². The smallest absolute Gasteiger partial charge is 0.263 e.